The molecule has 0 bridgehead atoms. The van der Waals surface area contributed by atoms with E-state index in [0.29, 0.717) is 0 Å². The molecular formula is C11H15NO3. The summed E-state index contributed by atoms with van der Waals surface area (Å²) in [5, 5.41) is 18.4. The lowest BCUT2D eigenvalue weighted by Crippen LogP contribution is -2.41. The number of hydrogen-bond acceptors (Lipinski definition) is 3. The van der Waals surface area contributed by atoms with Crippen LogP contribution in [0.15, 0.2) is 30.3 Å². The standard InChI is InChI=1S/C11H15NO3/c1-7(13)9(10(12)11(14)15)8-5-3-2-4-6-8/h2-7,9-10,13H,12H2,1H3,(H,14,15)/t7-,9?,10-/m0/s1. The minimum absolute atomic E-state index is 0.580. The van der Waals surface area contributed by atoms with E-state index < -0.39 is 24.0 Å². The molecule has 4 nitrogen and oxygen atoms in total. The van der Waals surface area contributed by atoms with E-state index in [1.165, 1.54) is 0 Å². The third-order valence-electron chi connectivity index (χ3n) is 2.38. The fraction of sp³-hybridized carbons (Fsp3) is 0.364. The van der Waals surface area contributed by atoms with Crippen molar-refractivity contribution >= 4 is 5.97 Å². The summed E-state index contributed by atoms with van der Waals surface area (Å²) in [4.78, 5) is 10.8. The molecule has 82 valence electrons. The van der Waals surface area contributed by atoms with E-state index in [9.17, 15) is 9.90 Å². The topological polar surface area (TPSA) is 83.5 Å². The summed E-state index contributed by atoms with van der Waals surface area (Å²) in [5.74, 6) is -1.69. The Morgan fingerprint density at radius 2 is 1.87 bits per heavy atom. The van der Waals surface area contributed by atoms with Gasteiger partial charge in [-0.2, -0.15) is 0 Å². The van der Waals surface area contributed by atoms with Crippen LogP contribution >= 0.6 is 0 Å². The zero-order valence-corrected chi connectivity index (χ0v) is 8.50. The maximum absolute atomic E-state index is 10.8. The molecule has 0 radical (unpaired) electrons. The first-order valence-electron chi connectivity index (χ1n) is 4.75. The van der Waals surface area contributed by atoms with E-state index >= 15 is 0 Å². The van der Waals surface area contributed by atoms with Crippen molar-refractivity contribution in [3.8, 4) is 0 Å². The van der Waals surface area contributed by atoms with E-state index in [1.807, 2.05) is 6.07 Å². The highest BCUT2D eigenvalue weighted by Crippen LogP contribution is 2.22. The van der Waals surface area contributed by atoms with Crippen LogP contribution in [0.5, 0.6) is 0 Å². The van der Waals surface area contributed by atoms with Gasteiger partial charge in [0, 0.05) is 5.92 Å². The zero-order chi connectivity index (χ0) is 11.4. The second-order valence-electron chi connectivity index (χ2n) is 3.54. The maximum atomic E-state index is 10.8. The third-order valence-corrected chi connectivity index (χ3v) is 2.38. The van der Waals surface area contributed by atoms with Gasteiger partial charge in [0.1, 0.15) is 6.04 Å². The summed E-state index contributed by atoms with van der Waals surface area (Å²) in [6, 6.07) is 7.85. The van der Waals surface area contributed by atoms with Crippen LogP contribution in [-0.2, 0) is 4.79 Å². The fourth-order valence-electron chi connectivity index (χ4n) is 1.61. The van der Waals surface area contributed by atoms with Crippen LogP contribution in [0.2, 0.25) is 0 Å². The van der Waals surface area contributed by atoms with E-state index in [2.05, 4.69) is 0 Å². The Hall–Kier alpha value is -1.39. The normalized spacial score (nSPS) is 16.7. The summed E-state index contributed by atoms with van der Waals surface area (Å²) in [5.41, 5.74) is 6.27. The molecule has 4 heteroatoms. The van der Waals surface area contributed by atoms with Gasteiger partial charge < -0.3 is 15.9 Å². The molecule has 0 aliphatic rings. The number of rotatable bonds is 4. The van der Waals surface area contributed by atoms with Gasteiger partial charge in [-0.05, 0) is 12.5 Å². The minimum Gasteiger partial charge on any atom is -0.480 e. The van der Waals surface area contributed by atoms with E-state index in [4.69, 9.17) is 10.8 Å². The highest BCUT2D eigenvalue weighted by Gasteiger charge is 2.29. The average molecular weight is 209 g/mol. The molecular weight excluding hydrogens is 194 g/mol. The number of hydrogen-bond donors (Lipinski definition) is 3. The molecule has 3 atom stereocenters. The predicted molar refractivity (Wildman–Crippen MR) is 56.5 cm³/mol. The van der Waals surface area contributed by atoms with Gasteiger partial charge in [0.05, 0.1) is 6.10 Å². The number of carbonyl (C=O) groups is 1. The van der Waals surface area contributed by atoms with E-state index in [-0.39, 0.29) is 0 Å². The van der Waals surface area contributed by atoms with Gasteiger partial charge in [-0.1, -0.05) is 30.3 Å². The van der Waals surface area contributed by atoms with Crippen molar-refractivity contribution in [1.29, 1.82) is 0 Å². The number of aliphatic carboxylic acids is 1. The van der Waals surface area contributed by atoms with Gasteiger partial charge in [-0.15, -0.1) is 0 Å². The summed E-state index contributed by atoms with van der Waals surface area (Å²) in [7, 11) is 0. The number of benzene rings is 1. The van der Waals surface area contributed by atoms with Gasteiger partial charge in [0.25, 0.3) is 0 Å². The highest BCUT2D eigenvalue weighted by molar-refractivity contribution is 5.74. The van der Waals surface area contributed by atoms with Gasteiger partial charge in [0.2, 0.25) is 0 Å². The Kier molecular flexibility index (Phi) is 3.82. The largest absolute Gasteiger partial charge is 0.480 e. The van der Waals surface area contributed by atoms with Gasteiger partial charge in [-0.3, -0.25) is 4.79 Å². The maximum Gasteiger partial charge on any atom is 0.321 e. The number of aliphatic hydroxyl groups is 1. The van der Waals surface area contributed by atoms with Crippen molar-refractivity contribution in [3.05, 3.63) is 35.9 Å². The second kappa shape index (κ2) is 4.91. The Balaban J connectivity index is 2.99. The van der Waals surface area contributed by atoms with E-state index in [0.717, 1.165) is 5.56 Å². The molecule has 4 N–H and O–H groups in total. The Morgan fingerprint density at radius 3 is 2.27 bits per heavy atom. The second-order valence-corrected chi connectivity index (χ2v) is 3.54. The van der Waals surface area contributed by atoms with Crippen molar-refractivity contribution in [1.82, 2.24) is 0 Å². The van der Waals surface area contributed by atoms with Crippen molar-refractivity contribution in [2.75, 3.05) is 0 Å². The van der Waals surface area contributed by atoms with Gasteiger partial charge in [0.15, 0.2) is 0 Å². The van der Waals surface area contributed by atoms with Crippen LogP contribution in [0.1, 0.15) is 18.4 Å². The smallest absolute Gasteiger partial charge is 0.321 e. The van der Waals surface area contributed by atoms with Crippen LogP contribution < -0.4 is 5.73 Å². The molecule has 0 amide bonds. The Labute approximate surface area is 88.3 Å². The first-order valence-corrected chi connectivity index (χ1v) is 4.75. The van der Waals surface area contributed by atoms with Crippen molar-refractivity contribution in [3.63, 3.8) is 0 Å². The van der Waals surface area contributed by atoms with Crippen LogP contribution in [0, 0.1) is 0 Å². The lowest BCUT2D eigenvalue weighted by atomic mass is 9.88. The molecule has 15 heavy (non-hydrogen) atoms. The zero-order valence-electron chi connectivity index (χ0n) is 8.50. The summed E-state index contributed by atoms with van der Waals surface area (Å²) < 4.78 is 0. The minimum atomic E-state index is -1.11. The molecule has 0 fully saturated rings. The predicted octanol–water partition coefficient (Wildman–Crippen LogP) is 0.563. The molecule has 1 aromatic carbocycles. The van der Waals surface area contributed by atoms with Crippen LogP contribution in [0.3, 0.4) is 0 Å². The quantitative estimate of drug-likeness (QED) is 0.676. The lowest BCUT2D eigenvalue weighted by molar-refractivity contribution is -0.139. The Bertz CT molecular complexity index is 324. The fourth-order valence-corrected chi connectivity index (χ4v) is 1.61. The third kappa shape index (κ3) is 2.78. The molecule has 0 heterocycles. The van der Waals surface area contributed by atoms with Crippen LogP contribution in [0.4, 0.5) is 0 Å². The van der Waals surface area contributed by atoms with Crippen LogP contribution in [-0.4, -0.2) is 28.3 Å². The molecule has 0 saturated carbocycles. The van der Waals surface area contributed by atoms with Crippen molar-refractivity contribution < 1.29 is 15.0 Å². The van der Waals surface area contributed by atoms with Gasteiger partial charge in [-0.25, -0.2) is 0 Å². The number of nitrogens with two attached hydrogens (primary N) is 1. The summed E-state index contributed by atoms with van der Waals surface area (Å²) in [6.07, 6.45) is -0.793. The first kappa shape index (κ1) is 11.7. The number of carboxylic acid groups (broad SMARTS) is 1. The SMILES string of the molecule is C[C@H](O)C(c1ccccc1)[C@H](N)C(=O)O. The highest BCUT2D eigenvalue weighted by atomic mass is 16.4. The first-order chi connectivity index (χ1) is 7.04. The van der Waals surface area contributed by atoms with Gasteiger partial charge >= 0.3 is 5.97 Å². The number of carboxylic acids is 1. The van der Waals surface area contributed by atoms with Crippen molar-refractivity contribution in [2.24, 2.45) is 5.73 Å². The molecule has 1 aromatic rings. The molecule has 0 saturated heterocycles. The molecule has 0 aliphatic heterocycles. The summed E-state index contributed by atoms with van der Waals surface area (Å²) >= 11 is 0. The monoisotopic (exact) mass is 209 g/mol. The summed E-state index contributed by atoms with van der Waals surface area (Å²) in [6.45, 7) is 1.54. The number of aliphatic hydroxyl groups excluding tert-OH is 1. The van der Waals surface area contributed by atoms with Crippen LogP contribution in [0.25, 0.3) is 0 Å². The van der Waals surface area contributed by atoms with Crippen molar-refractivity contribution in [2.45, 2.75) is 25.0 Å². The molecule has 0 aliphatic carbocycles. The molecule has 1 unspecified atom stereocenters. The molecule has 0 spiro atoms. The average Bonchev–Trinajstić information content (AvgIpc) is 2.18. The Morgan fingerprint density at radius 1 is 1.33 bits per heavy atom. The molecule has 0 aromatic heterocycles. The lowest BCUT2D eigenvalue weighted by Gasteiger charge is -2.23. The van der Waals surface area contributed by atoms with E-state index in [1.54, 1.807) is 31.2 Å². The molecule has 1 rings (SSSR count).